The fourth-order valence-electron chi connectivity index (χ4n) is 2.52. The average Bonchev–Trinajstić information content (AvgIpc) is 2.75. The summed E-state index contributed by atoms with van der Waals surface area (Å²) >= 11 is 0. The zero-order valence-electron chi connectivity index (χ0n) is 11.4. The predicted octanol–water partition coefficient (Wildman–Crippen LogP) is 5.58. The molecule has 2 aliphatic carbocycles. The van der Waals surface area contributed by atoms with Gasteiger partial charge in [-0.25, -0.2) is 0 Å². The molecule has 0 spiro atoms. The fourth-order valence-corrected chi connectivity index (χ4v) is 2.52. The monoisotopic (exact) mass is 246 g/mol. The first-order valence-corrected chi connectivity index (χ1v) is 6.84. The van der Waals surface area contributed by atoms with Gasteiger partial charge in [-0.05, 0) is 33.7 Å². The van der Waals surface area contributed by atoms with Crippen LogP contribution in [0.15, 0.2) is 66.7 Å². The molecule has 0 heteroatoms. The van der Waals surface area contributed by atoms with Gasteiger partial charge in [0.15, 0.2) is 0 Å². The highest BCUT2D eigenvalue weighted by molar-refractivity contribution is 5.85. The Hall–Kier alpha value is -2.08. The molecule has 0 N–H and O–H groups in total. The Bertz CT molecular complexity index is 650. The van der Waals surface area contributed by atoms with Crippen LogP contribution in [0.4, 0.5) is 0 Å². The van der Waals surface area contributed by atoms with Gasteiger partial charge >= 0.3 is 0 Å². The summed E-state index contributed by atoms with van der Waals surface area (Å²) in [6, 6.07) is 23.9. The summed E-state index contributed by atoms with van der Waals surface area (Å²) < 4.78 is 0. The predicted molar refractivity (Wildman–Crippen MR) is 82.6 cm³/mol. The van der Waals surface area contributed by atoms with Crippen LogP contribution in [-0.2, 0) is 0 Å². The molecule has 0 fully saturated rings. The second-order valence-electron chi connectivity index (χ2n) is 5.31. The summed E-state index contributed by atoms with van der Waals surface area (Å²) in [5.41, 5.74) is 6.68. The molecule has 19 heavy (non-hydrogen) atoms. The van der Waals surface area contributed by atoms with E-state index in [4.69, 9.17) is 0 Å². The molecule has 0 unspecified atom stereocenters. The van der Waals surface area contributed by atoms with Crippen molar-refractivity contribution in [1.29, 1.82) is 0 Å². The van der Waals surface area contributed by atoms with Crippen molar-refractivity contribution in [1.82, 2.24) is 0 Å². The van der Waals surface area contributed by atoms with E-state index >= 15 is 0 Å². The van der Waals surface area contributed by atoms with E-state index in [2.05, 4.69) is 80.6 Å². The third kappa shape index (κ3) is 2.26. The SMILES string of the molecule is CC(C)c1cc2ccccc(-c3ccccc3)c-2c1. The average molecular weight is 246 g/mol. The molecule has 0 radical (unpaired) electrons. The minimum absolute atomic E-state index is 0.571. The fraction of sp³-hybridized carbons (Fsp3) is 0.158. The number of hydrogen-bond acceptors (Lipinski definition) is 0. The molecule has 2 aliphatic rings. The molecule has 3 rings (SSSR count). The summed E-state index contributed by atoms with van der Waals surface area (Å²) in [6.45, 7) is 4.49. The zero-order chi connectivity index (χ0) is 13.2. The topological polar surface area (TPSA) is 0 Å². The number of benzene rings is 1. The second kappa shape index (κ2) is 4.89. The summed E-state index contributed by atoms with van der Waals surface area (Å²) in [6.07, 6.45) is 0. The van der Waals surface area contributed by atoms with Gasteiger partial charge in [-0.15, -0.1) is 0 Å². The summed E-state index contributed by atoms with van der Waals surface area (Å²) in [5, 5.41) is 0. The van der Waals surface area contributed by atoms with Crippen LogP contribution in [-0.4, -0.2) is 0 Å². The zero-order valence-corrected chi connectivity index (χ0v) is 11.4. The molecule has 94 valence electrons. The van der Waals surface area contributed by atoms with E-state index in [9.17, 15) is 0 Å². The minimum atomic E-state index is 0.571. The third-order valence-electron chi connectivity index (χ3n) is 3.64. The molecule has 0 nitrogen and oxygen atoms in total. The largest absolute Gasteiger partial charge is 0.0622 e. The molecule has 0 aromatic heterocycles. The maximum absolute atomic E-state index is 2.34. The van der Waals surface area contributed by atoms with Crippen LogP contribution in [0, 0.1) is 0 Å². The van der Waals surface area contributed by atoms with E-state index in [-0.39, 0.29) is 0 Å². The van der Waals surface area contributed by atoms with Gasteiger partial charge in [-0.1, -0.05) is 80.6 Å². The van der Waals surface area contributed by atoms with Gasteiger partial charge in [0.05, 0.1) is 0 Å². The van der Waals surface area contributed by atoms with Gasteiger partial charge in [-0.2, -0.15) is 0 Å². The van der Waals surface area contributed by atoms with Crippen molar-refractivity contribution >= 4 is 0 Å². The lowest BCUT2D eigenvalue weighted by molar-refractivity contribution is 0.872. The summed E-state index contributed by atoms with van der Waals surface area (Å²) in [4.78, 5) is 0. The van der Waals surface area contributed by atoms with Crippen LogP contribution in [0.1, 0.15) is 25.3 Å². The molecule has 0 bridgehead atoms. The lowest BCUT2D eigenvalue weighted by Gasteiger charge is -2.04. The molecular formula is C19H18. The van der Waals surface area contributed by atoms with E-state index in [1.807, 2.05) is 0 Å². The van der Waals surface area contributed by atoms with Gasteiger partial charge < -0.3 is 0 Å². The molecule has 0 amide bonds. The second-order valence-corrected chi connectivity index (χ2v) is 5.31. The maximum atomic E-state index is 2.34. The Morgan fingerprint density at radius 2 is 1.26 bits per heavy atom. The van der Waals surface area contributed by atoms with Crippen LogP contribution in [0.2, 0.25) is 0 Å². The first kappa shape index (κ1) is 12.0. The molecule has 1 aromatic rings. The van der Waals surface area contributed by atoms with Crippen molar-refractivity contribution in [2.75, 3.05) is 0 Å². The normalized spacial score (nSPS) is 11.1. The smallest absolute Gasteiger partial charge is 0.0102 e. The minimum Gasteiger partial charge on any atom is -0.0622 e. The molecular weight excluding hydrogens is 228 g/mol. The van der Waals surface area contributed by atoms with Gasteiger partial charge in [0, 0.05) is 0 Å². The Kier molecular flexibility index (Phi) is 3.08. The van der Waals surface area contributed by atoms with Crippen molar-refractivity contribution < 1.29 is 0 Å². The van der Waals surface area contributed by atoms with E-state index in [0.717, 1.165) is 0 Å². The summed E-state index contributed by atoms with van der Waals surface area (Å²) in [7, 11) is 0. The third-order valence-corrected chi connectivity index (χ3v) is 3.64. The van der Waals surface area contributed by atoms with Crippen LogP contribution in [0.25, 0.3) is 22.3 Å². The lowest BCUT2D eigenvalue weighted by atomic mass is 10.0. The Balaban J connectivity index is 2.24. The van der Waals surface area contributed by atoms with Gasteiger partial charge in [0.1, 0.15) is 0 Å². The number of rotatable bonds is 2. The Morgan fingerprint density at radius 1 is 0.632 bits per heavy atom. The quantitative estimate of drug-likeness (QED) is 0.553. The van der Waals surface area contributed by atoms with Gasteiger partial charge in [0.25, 0.3) is 0 Å². The molecule has 0 atom stereocenters. The first-order valence-electron chi connectivity index (χ1n) is 6.84. The summed E-state index contributed by atoms with van der Waals surface area (Å²) in [5.74, 6) is 0.571. The number of hydrogen-bond donors (Lipinski definition) is 0. The lowest BCUT2D eigenvalue weighted by Crippen LogP contribution is -1.80. The highest BCUT2D eigenvalue weighted by Gasteiger charge is 2.12. The van der Waals surface area contributed by atoms with E-state index in [1.54, 1.807) is 0 Å². The van der Waals surface area contributed by atoms with Crippen molar-refractivity contribution in [3.63, 3.8) is 0 Å². The van der Waals surface area contributed by atoms with Crippen molar-refractivity contribution in [3.05, 3.63) is 72.3 Å². The molecule has 0 saturated carbocycles. The first-order chi connectivity index (χ1) is 9.25. The van der Waals surface area contributed by atoms with Crippen LogP contribution < -0.4 is 0 Å². The van der Waals surface area contributed by atoms with Crippen LogP contribution in [0.5, 0.6) is 0 Å². The Morgan fingerprint density at radius 3 is 2.00 bits per heavy atom. The molecule has 0 saturated heterocycles. The Labute approximate surface area is 115 Å². The standard InChI is InChI=1S/C19H18/c1-14(2)17-12-16-10-6-7-11-18(19(16)13-17)15-8-4-3-5-9-15/h3-14H,1-2H3. The maximum Gasteiger partial charge on any atom is -0.0102 e. The highest BCUT2D eigenvalue weighted by Crippen LogP contribution is 2.36. The van der Waals surface area contributed by atoms with E-state index in [0.29, 0.717) is 5.92 Å². The van der Waals surface area contributed by atoms with Crippen LogP contribution >= 0.6 is 0 Å². The van der Waals surface area contributed by atoms with Crippen molar-refractivity contribution in [2.24, 2.45) is 0 Å². The van der Waals surface area contributed by atoms with E-state index in [1.165, 1.54) is 27.8 Å². The number of fused-ring (bicyclic) bond motifs is 1. The highest BCUT2D eigenvalue weighted by atomic mass is 14.2. The van der Waals surface area contributed by atoms with Crippen LogP contribution in [0.3, 0.4) is 0 Å². The van der Waals surface area contributed by atoms with Crippen molar-refractivity contribution in [2.45, 2.75) is 19.8 Å². The van der Waals surface area contributed by atoms with Gasteiger partial charge in [-0.3, -0.25) is 0 Å². The molecule has 0 aliphatic heterocycles. The molecule has 1 aromatic carbocycles. The van der Waals surface area contributed by atoms with Crippen molar-refractivity contribution in [3.8, 4) is 22.3 Å². The molecule has 0 heterocycles. The van der Waals surface area contributed by atoms with Gasteiger partial charge in [0.2, 0.25) is 0 Å². The van der Waals surface area contributed by atoms with E-state index < -0.39 is 0 Å².